The van der Waals surface area contributed by atoms with Crippen molar-refractivity contribution in [3.05, 3.63) is 29.8 Å². The van der Waals surface area contributed by atoms with E-state index in [2.05, 4.69) is 5.32 Å². The van der Waals surface area contributed by atoms with E-state index in [1.807, 2.05) is 19.1 Å². The van der Waals surface area contributed by atoms with E-state index in [1.54, 1.807) is 26.0 Å². The number of imide groups is 2. The number of carbonyl (C=O) groups excluding carboxylic acids is 4. The van der Waals surface area contributed by atoms with E-state index >= 15 is 0 Å². The number of urea groups is 1. The topological polar surface area (TPSA) is 86.8 Å². The predicted molar refractivity (Wildman–Crippen MR) is 78.9 cm³/mol. The molecule has 116 valence electrons. The molecule has 0 spiro atoms. The minimum Gasteiger partial charge on any atom is -0.324 e. The van der Waals surface area contributed by atoms with Crippen LogP contribution in [-0.4, -0.2) is 46.1 Å². The van der Waals surface area contributed by atoms with Crippen LogP contribution >= 0.6 is 0 Å². The summed E-state index contributed by atoms with van der Waals surface area (Å²) >= 11 is 0. The molecule has 1 fully saturated rings. The summed E-state index contributed by atoms with van der Waals surface area (Å²) in [4.78, 5) is 49.1. The Balaban J connectivity index is 2.09. The molecule has 1 aliphatic heterocycles. The van der Waals surface area contributed by atoms with Gasteiger partial charge in [-0.1, -0.05) is 18.2 Å². The van der Waals surface area contributed by atoms with E-state index in [9.17, 15) is 19.2 Å². The lowest BCUT2D eigenvalue weighted by Gasteiger charge is -2.18. The van der Waals surface area contributed by atoms with Crippen LogP contribution in [0.3, 0.4) is 0 Å². The van der Waals surface area contributed by atoms with Gasteiger partial charge in [-0.15, -0.1) is 0 Å². The summed E-state index contributed by atoms with van der Waals surface area (Å²) < 4.78 is 0. The molecule has 2 rings (SSSR count). The molecule has 0 aromatic heterocycles. The second kappa shape index (κ2) is 5.97. The number of carbonyl (C=O) groups is 4. The first-order valence-corrected chi connectivity index (χ1v) is 6.87. The van der Waals surface area contributed by atoms with Gasteiger partial charge in [0.2, 0.25) is 5.91 Å². The third kappa shape index (κ3) is 2.83. The van der Waals surface area contributed by atoms with Crippen LogP contribution in [-0.2, 0) is 14.4 Å². The summed E-state index contributed by atoms with van der Waals surface area (Å²) in [7, 11) is 0. The van der Waals surface area contributed by atoms with Crippen LogP contribution < -0.4 is 5.32 Å². The Bertz CT molecular complexity index is 654. The largest absolute Gasteiger partial charge is 0.334 e. The molecule has 0 radical (unpaired) electrons. The van der Waals surface area contributed by atoms with Gasteiger partial charge in [0.25, 0.3) is 0 Å². The highest BCUT2D eigenvalue weighted by Crippen LogP contribution is 2.16. The molecular formula is C15H17N3O4. The van der Waals surface area contributed by atoms with Crippen molar-refractivity contribution in [3.63, 3.8) is 0 Å². The molecule has 22 heavy (non-hydrogen) atoms. The molecule has 1 aromatic rings. The Morgan fingerprint density at radius 2 is 1.77 bits per heavy atom. The second-order valence-electron chi connectivity index (χ2n) is 5.31. The summed E-state index contributed by atoms with van der Waals surface area (Å²) in [6.07, 6.45) is 0. The fourth-order valence-electron chi connectivity index (χ4n) is 2.16. The maximum absolute atomic E-state index is 12.1. The Hall–Kier alpha value is -2.70. The highest BCUT2D eigenvalue weighted by atomic mass is 16.2. The molecule has 1 saturated heterocycles. The maximum atomic E-state index is 12.1. The van der Waals surface area contributed by atoms with Crippen LogP contribution in [0, 0.1) is 6.92 Å². The number of para-hydroxylation sites is 1. The number of hydrogen-bond acceptors (Lipinski definition) is 4. The van der Waals surface area contributed by atoms with Gasteiger partial charge in [0, 0.05) is 11.7 Å². The first-order chi connectivity index (χ1) is 10.3. The second-order valence-corrected chi connectivity index (χ2v) is 5.31. The average Bonchev–Trinajstić information content (AvgIpc) is 2.65. The third-order valence-electron chi connectivity index (χ3n) is 3.32. The Kier molecular flexibility index (Phi) is 4.25. The van der Waals surface area contributed by atoms with Crippen molar-refractivity contribution in [2.75, 3.05) is 11.9 Å². The van der Waals surface area contributed by atoms with Gasteiger partial charge in [0.1, 0.15) is 6.54 Å². The van der Waals surface area contributed by atoms with E-state index in [-0.39, 0.29) is 0 Å². The van der Waals surface area contributed by atoms with Crippen molar-refractivity contribution in [1.29, 1.82) is 0 Å². The summed E-state index contributed by atoms with van der Waals surface area (Å²) in [6, 6.07) is 5.94. The lowest BCUT2D eigenvalue weighted by molar-refractivity contribution is -0.144. The van der Waals surface area contributed by atoms with Crippen molar-refractivity contribution in [3.8, 4) is 0 Å². The summed E-state index contributed by atoms with van der Waals surface area (Å²) in [5.74, 6) is -2.41. The number of hydrogen-bond donors (Lipinski definition) is 1. The van der Waals surface area contributed by atoms with E-state index in [1.165, 1.54) is 0 Å². The zero-order valence-electron chi connectivity index (χ0n) is 12.6. The molecule has 0 saturated carbocycles. The molecule has 5 amide bonds. The summed E-state index contributed by atoms with van der Waals surface area (Å²) in [5.41, 5.74) is 1.45. The Morgan fingerprint density at radius 1 is 1.14 bits per heavy atom. The smallest absolute Gasteiger partial charge is 0.324 e. The molecule has 0 aliphatic carbocycles. The fourth-order valence-corrected chi connectivity index (χ4v) is 2.16. The van der Waals surface area contributed by atoms with Gasteiger partial charge in [-0.05, 0) is 32.4 Å². The van der Waals surface area contributed by atoms with Gasteiger partial charge in [0.05, 0.1) is 0 Å². The van der Waals surface area contributed by atoms with Gasteiger partial charge >= 0.3 is 17.8 Å². The third-order valence-corrected chi connectivity index (χ3v) is 3.32. The van der Waals surface area contributed by atoms with Crippen molar-refractivity contribution in [1.82, 2.24) is 9.80 Å². The number of amides is 5. The van der Waals surface area contributed by atoms with E-state index < -0.39 is 36.3 Å². The quantitative estimate of drug-likeness (QED) is 0.667. The number of aryl methyl sites for hydroxylation is 1. The molecule has 0 unspecified atom stereocenters. The highest BCUT2D eigenvalue weighted by Gasteiger charge is 2.46. The van der Waals surface area contributed by atoms with Crippen LogP contribution in [0.15, 0.2) is 24.3 Å². The number of nitrogens with one attached hydrogen (secondary N) is 1. The van der Waals surface area contributed by atoms with Gasteiger partial charge < -0.3 is 5.32 Å². The number of benzene rings is 1. The maximum Gasteiger partial charge on any atom is 0.334 e. The van der Waals surface area contributed by atoms with Gasteiger partial charge in [0.15, 0.2) is 0 Å². The van der Waals surface area contributed by atoms with Gasteiger partial charge in [-0.25, -0.2) is 9.69 Å². The van der Waals surface area contributed by atoms with Crippen LogP contribution in [0.2, 0.25) is 0 Å². The molecule has 7 nitrogen and oxygen atoms in total. The molecule has 1 heterocycles. The first-order valence-electron chi connectivity index (χ1n) is 6.87. The molecular weight excluding hydrogens is 286 g/mol. The zero-order valence-corrected chi connectivity index (χ0v) is 12.6. The molecule has 7 heteroatoms. The average molecular weight is 303 g/mol. The van der Waals surface area contributed by atoms with Crippen LogP contribution in [0.4, 0.5) is 10.5 Å². The monoisotopic (exact) mass is 303 g/mol. The van der Waals surface area contributed by atoms with Crippen molar-refractivity contribution >= 4 is 29.4 Å². The lowest BCUT2D eigenvalue weighted by Crippen LogP contribution is -2.40. The highest BCUT2D eigenvalue weighted by molar-refractivity contribution is 6.45. The molecule has 0 atom stereocenters. The normalized spacial score (nSPS) is 15.0. The van der Waals surface area contributed by atoms with Gasteiger partial charge in [-0.2, -0.15) is 0 Å². The fraction of sp³-hybridized carbons (Fsp3) is 0.333. The molecule has 1 aliphatic rings. The summed E-state index contributed by atoms with van der Waals surface area (Å²) in [6.45, 7) is 4.59. The van der Waals surface area contributed by atoms with Gasteiger partial charge in [-0.3, -0.25) is 19.3 Å². The van der Waals surface area contributed by atoms with Crippen LogP contribution in [0.5, 0.6) is 0 Å². The number of anilines is 1. The molecule has 1 aromatic carbocycles. The van der Waals surface area contributed by atoms with E-state index in [4.69, 9.17) is 0 Å². The van der Waals surface area contributed by atoms with Crippen LogP contribution in [0.1, 0.15) is 19.4 Å². The predicted octanol–water partition coefficient (Wildman–Crippen LogP) is 1.13. The SMILES string of the molecule is Cc1ccccc1NC(=O)CN1C(=O)C(=O)N(C(C)C)C1=O. The molecule has 0 bridgehead atoms. The Morgan fingerprint density at radius 3 is 2.32 bits per heavy atom. The van der Waals surface area contributed by atoms with Crippen molar-refractivity contribution in [2.24, 2.45) is 0 Å². The first kappa shape index (κ1) is 15.7. The van der Waals surface area contributed by atoms with E-state index in [0.717, 1.165) is 10.5 Å². The van der Waals surface area contributed by atoms with Crippen molar-refractivity contribution < 1.29 is 19.2 Å². The van der Waals surface area contributed by atoms with Crippen LogP contribution in [0.25, 0.3) is 0 Å². The summed E-state index contributed by atoms with van der Waals surface area (Å²) in [5, 5.41) is 2.62. The Labute approximate surface area is 127 Å². The minimum absolute atomic E-state index is 0.437. The van der Waals surface area contributed by atoms with E-state index in [0.29, 0.717) is 10.6 Å². The standard InChI is InChI=1S/C15H17N3O4/c1-9(2)18-14(21)13(20)17(15(18)22)8-12(19)16-11-7-5-4-6-10(11)3/h4-7,9H,8H2,1-3H3,(H,16,19). The minimum atomic E-state index is -0.973. The van der Waals surface area contributed by atoms with Crippen molar-refractivity contribution in [2.45, 2.75) is 26.8 Å². The number of rotatable bonds is 4. The molecule has 1 N–H and O–H groups in total. The zero-order chi connectivity index (χ0) is 16.4. The number of nitrogens with zero attached hydrogens (tertiary/aromatic N) is 2. The lowest BCUT2D eigenvalue weighted by atomic mass is 10.2.